The molecule has 0 heterocycles. The standard InChI is InChI=1S/C25H18F12N5O2/c1-14(42(13-23(29,30)31)18-5-3-16(11-39)20(9-18)25(35,36)37)41(21(43)44)7-6-40(12-22(26,27)28)17-4-2-15(10-38)19(8-17)24(32,33)34/h2-5,8-9,14H,1,6-7,12-13H2,(H,43,44). The minimum absolute atomic E-state index is 0.0366. The molecule has 1 unspecified atom stereocenters. The first-order valence-corrected chi connectivity index (χ1v) is 11.7. The second-order valence-electron chi connectivity index (χ2n) is 8.92. The van der Waals surface area contributed by atoms with Crippen molar-refractivity contribution in [2.75, 3.05) is 36.0 Å². The van der Waals surface area contributed by atoms with Crippen molar-refractivity contribution < 1.29 is 62.6 Å². The number of carbonyl (C=O) groups is 1. The van der Waals surface area contributed by atoms with Crippen LogP contribution < -0.4 is 9.80 Å². The Hall–Kier alpha value is -4.55. The summed E-state index contributed by atoms with van der Waals surface area (Å²) in [5, 5.41) is 27.5. The highest BCUT2D eigenvalue weighted by Gasteiger charge is 2.40. The molecule has 2 aromatic rings. The summed E-state index contributed by atoms with van der Waals surface area (Å²) in [6, 6.07) is 5.19. The van der Waals surface area contributed by atoms with Crippen molar-refractivity contribution in [1.29, 1.82) is 10.5 Å². The van der Waals surface area contributed by atoms with Gasteiger partial charge < -0.3 is 14.9 Å². The number of nitrogens with zero attached hydrogens (tertiary/aromatic N) is 5. The van der Waals surface area contributed by atoms with E-state index in [9.17, 15) is 62.6 Å². The van der Waals surface area contributed by atoms with E-state index in [0.29, 0.717) is 24.3 Å². The van der Waals surface area contributed by atoms with E-state index < -0.39 is 96.8 Å². The Balaban J connectivity index is 2.56. The predicted octanol–water partition coefficient (Wildman–Crippen LogP) is 7.05. The fraction of sp³-hybridized carbons (Fsp3) is 0.360. The monoisotopic (exact) mass is 648 g/mol. The van der Waals surface area contributed by atoms with E-state index in [2.05, 4.69) is 6.92 Å². The molecule has 1 N–H and O–H groups in total. The van der Waals surface area contributed by atoms with Crippen LogP contribution in [0.5, 0.6) is 0 Å². The maximum Gasteiger partial charge on any atom is 0.417 e. The first-order valence-electron chi connectivity index (χ1n) is 11.7. The summed E-state index contributed by atoms with van der Waals surface area (Å²) in [5.41, 5.74) is -6.90. The van der Waals surface area contributed by atoms with Crippen molar-refractivity contribution in [2.24, 2.45) is 0 Å². The lowest BCUT2D eigenvalue weighted by Gasteiger charge is -2.39. The first kappa shape index (κ1) is 35.6. The number of halogens is 12. The maximum absolute atomic E-state index is 13.5. The van der Waals surface area contributed by atoms with E-state index in [1.807, 2.05) is 0 Å². The topological polar surface area (TPSA) is 94.6 Å². The van der Waals surface area contributed by atoms with E-state index >= 15 is 0 Å². The van der Waals surface area contributed by atoms with Gasteiger partial charge in [-0.3, -0.25) is 4.90 Å². The number of anilines is 2. The molecule has 0 saturated carbocycles. The lowest BCUT2D eigenvalue weighted by atomic mass is 10.1. The summed E-state index contributed by atoms with van der Waals surface area (Å²) >= 11 is 0. The molecular weight excluding hydrogens is 630 g/mol. The molecule has 44 heavy (non-hydrogen) atoms. The molecule has 19 heteroatoms. The Labute approximate surface area is 240 Å². The highest BCUT2D eigenvalue weighted by atomic mass is 19.4. The molecule has 2 rings (SSSR count). The number of benzene rings is 2. The van der Waals surface area contributed by atoms with Crippen molar-refractivity contribution in [3.63, 3.8) is 0 Å². The van der Waals surface area contributed by atoms with Crippen LogP contribution in [0, 0.1) is 29.6 Å². The smallest absolute Gasteiger partial charge is 0.417 e. The third-order valence-corrected chi connectivity index (χ3v) is 5.85. The lowest BCUT2D eigenvalue weighted by Crippen LogP contribution is -2.54. The summed E-state index contributed by atoms with van der Waals surface area (Å²) in [5.74, 6) is 0. The molecule has 0 bridgehead atoms. The van der Waals surface area contributed by atoms with Gasteiger partial charge in [-0.05, 0) is 43.3 Å². The van der Waals surface area contributed by atoms with Gasteiger partial charge in [-0.2, -0.15) is 63.2 Å². The van der Waals surface area contributed by atoms with Gasteiger partial charge in [-0.1, -0.05) is 0 Å². The Kier molecular flexibility index (Phi) is 10.5. The average Bonchev–Trinajstić information content (AvgIpc) is 2.88. The zero-order valence-electron chi connectivity index (χ0n) is 21.7. The molecule has 0 aromatic heterocycles. The number of amides is 1. The Morgan fingerprint density at radius 3 is 1.57 bits per heavy atom. The molecular formula is C25H18F12N5O2. The molecule has 1 amide bonds. The van der Waals surface area contributed by atoms with Gasteiger partial charge >= 0.3 is 30.8 Å². The Morgan fingerprint density at radius 2 is 1.18 bits per heavy atom. The molecule has 0 aliphatic heterocycles. The van der Waals surface area contributed by atoms with Crippen LogP contribution in [0.25, 0.3) is 0 Å². The number of hydrogen-bond donors (Lipinski definition) is 1. The molecule has 0 fully saturated rings. The summed E-state index contributed by atoms with van der Waals surface area (Å²) in [4.78, 5) is 12.3. The minimum Gasteiger partial charge on any atom is -0.465 e. The molecule has 0 saturated heterocycles. The van der Waals surface area contributed by atoms with Crippen LogP contribution in [0.4, 0.5) is 68.9 Å². The van der Waals surface area contributed by atoms with E-state index in [0.717, 1.165) is 0 Å². The van der Waals surface area contributed by atoms with Crippen LogP contribution in [0.3, 0.4) is 0 Å². The predicted molar refractivity (Wildman–Crippen MR) is 128 cm³/mol. The fourth-order valence-corrected chi connectivity index (χ4v) is 3.95. The third-order valence-electron chi connectivity index (χ3n) is 5.85. The molecule has 1 atom stereocenters. The van der Waals surface area contributed by atoms with Crippen LogP contribution in [0.1, 0.15) is 22.3 Å². The molecule has 0 aliphatic carbocycles. The van der Waals surface area contributed by atoms with Gasteiger partial charge in [0.2, 0.25) is 0 Å². The summed E-state index contributed by atoms with van der Waals surface area (Å²) < 4.78 is 161. The van der Waals surface area contributed by atoms with E-state index in [1.54, 1.807) is 0 Å². The first-order chi connectivity index (χ1) is 20.0. The summed E-state index contributed by atoms with van der Waals surface area (Å²) in [7, 11) is 0. The van der Waals surface area contributed by atoms with Crippen LogP contribution in [0.15, 0.2) is 36.4 Å². The van der Waals surface area contributed by atoms with Crippen LogP contribution in [-0.2, 0) is 12.4 Å². The second-order valence-corrected chi connectivity index (χ2v) is 8.92. The molecule has 2 aromatic carbocycles. The van der Waals surface area contributed by atoms with Gasteiger partial charge in [0.15, 0.2) is 0 Å². The van der Waals surface area contributed by atoms with Crippen LogP contribution >= 0.6 is 0 Å². The fourth-order valence-electron chi connectivity index (χ4n) is 3.95. The van der Waals surface area contributed by atoms with Crippen molar-refractivity contribution in [3.05, 3.63) is 65.6 Å². The summed E-state index contributed by atoms with van der Waals surface area (Å²) in [6.07, 6.45) is -25.1. The quantitative estimate of drug-likeness (QED) is 0.232. The third kappa shape index (κ3) is 9.48. The van der Waals surface area contributed by atoms with Gasteiger partial charge in [-0.15, -0.1) is 0 Å². The van der Waals surface area contributed by atoms with Gasteiger partial charge in [0.05, 0.1) is 34.4 Å². The highest BCUT2D eigenvalue weighted by molar-refractivity contribution is 5.67. The molecule has 0 aliphatic rings. The average molecular weight is 648 g/mol. The number of carboxylic acid groups (broad SMARTS) is 1. The number of hydrogen-bond acceptors (Lipinski definition) is 5. The maximum atomic E-state index is 13.5. The molecule has 1 radical (unpaired) electrons. The van der Waals surface area contributed by atoms with Crippen molar-refractivity contribution in [3.8, 4) is 12.1 Å². The van der Waals surface area contributed by atoms with Gasteiger partial charge in [-0.25, -0.2) is 4.79 Å². The minimum atomic E-state index is -5.23. The number of nitriles is 2. The summed E-state index contributed by atoms with van der Waals surface area (Å²) in [6.45, 7) is -3.06. The normalized spacial score (nSPS) is 13.1. The highest BCUT2D eigenvalue weighted by Crippen LogP contribution is 2.37. The van der Waals surface area contributed by atoms with E-state index in [4.69, 9.17) is 10.5 Å². The van der Waals surface area contributed by atoms with E-state index in [-0.39, 0.29) is 26.8 Å². The molecule has 239 valence electrons. The SMILES string of the molecule is [CH2]C(N(CCN(CC(F)(F)F)c1ccc(C#N)c(C(F)(F)F)c1)C(=O)O)N(CC(F)(F)F)c1ccc(C#N)c(C(F)(F)F)c1. The number of rotatable bonds is 9. The van der Waals surface area contributed by atoms with Crippen molar-refractivity contribution >= 4 is 17.5 Å². The lowest BCUT2D eigenvalue weighted by molar-refractivity contribution is -0.138. The largest absolute Gasteiger partial charge is 0.465 e. The number of alkyl halides is 12. The second kappa shape index (κ2) is 13.0. The molecule has 7 nitrogen and oxygen atoms in total. The zero-order valence-corrected chi connectivity index (χ0v) is 21.7. The van der Waals surface area contributed by atoms with Gasteiger partial charge in [0, 0.05) is 24.5 Å². The van der Waals surface area contributed by atoms with Crippen molar-refractivity contribution in [1.82, 2.24) is 4.90 Å². The zero-order chi connectivity index (χ0) is 33.8. The van der Waals surface area contributed by atoms with Gasteiger partial charge in [0.25, 0.3) is 0 Å². The van der Waals surface area contributed by atoms with Gasteiger partial charge in [0.1, 0.15) is 19.3 Å². The van der Waals surface area contributed by atoms with Crippen molar-refractivity contribution in [2.45, 2.75) is 30.9 Å². The molecule has 0 spiro atoms. The van der Waals surface area contributed by atoms with E-state index in [1.165, 1.54) is 12.1 Å². The van der Waals surface area contributed by atoms with Crippen LogP contribution in [0.2, 0.25) is 0 Å². The van der Waals surface area contributed by atoms with Crippen LogP contribution in [-0.4, -0.2) is 60.8 Å². The Bertz CT molecular complexity index is 1420. The Morgan fingerprint density at radius 1 is 0.750 bits per heavy atom.